The first kappa shape index (κ1) is 15.2. The van der Waals surface area contributed by atoms with Crippen molar-refractivity contribution in [3.63, 3.8) is 0 Å². The second kappa shape index (κ2) is 6.04. The molecule has 1 N–H and O–H groups in total. The van der Waals surface area contributed by atoms with E-state index in [2.05, 4.69) is 39.1 Å². The zero-order valence-corrected chi connectivity index (χ0v) is 13.3. The van der Waals surface area contributed by atoms with Gasteiger partial charge in [-0.1, -0.05) is 26.8 Å². The highest BCUT2D eigenvalue weighted by atomic mass is 16.5. The molecule has 1 aliphatic rings. The molecule has 1 aliphatic heterocycles. The van der Waals surface area contributed by atoms with Gasteiger partial charge in [0.25, 0.3) is 0 Å². The molecular formula is C17H27NO2. The van der Waals surface area contributed by atoms with Crippen LogP contribution in [0.2, 0.25) is 0 Å². The van der Waals surface area contributed by atoms with E-state index in [9.17, 15) is 0 Å². The van der Waals surface area contributed by atoms with Gasteiger partial charge in [0.2, 0.25) is 0 Å². The van der Waals surface area contributed by atoms with Crippen LogP contribution in [0.5, 0.6) is 11.5 Å². The Morgan fingerprint density at radius 1 is 1.45 bits per heavy atom. The van der Waals surface area contributed by atoms with Crippen molar-refractivity contribution in [3.8, 4) is 11.5 Å². The summed E-state index contributed by atoms with van der Waals surface area (Å²) >= 11 is 0. The molecule has 2 atom stereocenters. The summed E-state index contributed by atoms with van der Waals surface area (Å²) in [5.41, 5.74) is 1.07. The third kappa shape index (κ3) is 3.09. The van der Waals surface area contributed by atoms with E-state index in [1.165, 1.54) is 5.56 Å². The number of benzene rings is 1. The van der Waals surface area contributed by atoms with Crippen LogP contribution in [0.1, 0.15) is 52.1 Å². The molecule has 20 heavy (non-hydrogen) atoms. The molecule has 0 aliphatic carbocycles. The van der Waals surface area contributed by atoms with Crippen molar-refractivity contribution in [3.05, 3.63) is 23.8 Å². The molecule has 0 amide bonds. The van der Waals surface area contributed by atoms with Gasteiger partial charge in [0.15, 0.2) is 0 Å². The average Bonchev–Trinajstić information content (AvgIpc) is 2.43. The van der Waals surface area contributed by atoms with E-state index in [-0.39, 0.29) is 11.6 Å². The summed E-state index contributed by atoms with van der Waals surface area (Å²) in [4.78, 5) is 0. The normalized spacial score (nSPS) is 25.2. The van der Waals surface area contributed by atoms with E-state index in [0.717, 1.165) is 30.9 Å². The quantitative estimate of drug-likeness (QED) is 0.884. The summed E-state index contributed by atoms with van der Waals surface area (Å²) in [7, 11) is 2.01. The van der Waals surface area contributed by atoms with Crippen LogP contribution in [-0.2, 0) is 0 Å². The smallest absolute Gasteiger partial charge is 0.128 e. The predicted molar refractivity (Wildman–Crippen MR) is 82.5 cm³/mol. The second-order valence-corrected chi connectivity index (χ2v) is 6.32. The maximum Gasteiger partial charge on any atom is 0.128 e. The van der Waals surface area contributed by atoms with Gasteiger partial charge in [-0.05, 0) is 38.4 Å². The Hall–Kier alpha value is -1.22. The van der Waals surface area contributed by atoms with E-state index in [1.807, 2.05) is 19.2 Å². The Kier molecular flexibility index (Phi) is 4.59. The fraction of sp³-hybridized carbons (Fsp3) is 0.647. The van der Waals surface area contributed by atoms with E-state index < -0.39 is 0 Å². The Balaban J connectivity index is 2.34. The molecular weight excluding hydrogens is 250 g/mol. The lowest BCUT2D eigenvalue weighted by Crippen LogP contribution is -2.40. The maximum atomic E-state index is 6.23. The molecule has 2 rings (SSSR count). The maximum absolute atomic E-state index is 6.23. The Morgan fingerprint density at radius 2 is 2.20 bits per heavy atom. The van der Waals surface area contributed by atoms with E-state index in [0.29, 0.717) is 5.92 Å². The molecule has 0 spiro atoms. The van der Waals surface area contributed by atoms with Crippen LogP contribution in [0.3, 0.4) is 0 Å². The average molecular weight is 277 g/mol. The number of nitrogens with one attached hydrogen (secondary N) is 1. The van der Waals surface area contributed by atoms with Crippen molar-refractivity contribution < 1.29 is 9.47 Å². The van der Waals surface area contributed by atoms with Gasteiger partial charge in [0, 0.05) is 12.5 Å². The number of hydrogen-bond acceptors (Lipinski definition) is 3. The third-order valence-corrected chi connectivity index (χ3v) is 4.04. The fourth-order valence-electron chi connectivity index (χ4n) is 2.64. The molecule has 0 saturated carbocycles. The standard InChI is InChI=1S/C17H27NO2/c1-6-17(4)10-13(18-5)16-14(19-11-12(2)3)8-7-9-15(16)20-17/h7-9,12-13,18H,6,10-11H2,1-5H3. The summed E-state index contributed by atoms with van der Waals surface area (Å²) in [5.74, 6) is 2.43. The van der Waals surface area contributed by atoms with Gasteiger partial charge in [0.05, 0.1) is 12.2 Å². The van der Waals surface area contributed by atoms with E-state index in [4.69, 9.17) is 9.47 Å². The van der Waals surface area contributed by atoms with Gasteiger partial charge in [-0.2, -0.15) is 0 Å². The SMILES string of the molecule is CCC1(C)CC(NC)c2c(OCC(C)C)cccc2O1. The van der Waals surface area contributed by atoms with Crippen LogP contribution >= 0.6 is 0 Å². The van der Waals surface area contributed by atoms with E-state index >= 15 is 0 Å². The van der Waals surface area contributed by atoms with Gasteiger partial charge >= 0.3 is 0 Å². The van der Waals surface area contributed by atoms with Crippen molar-refractivity contribution in [2.45, 2.75) is 52.2 Å². The van der Waals surface area contributed by atoms with Gasteiger partial charge in [0.1, 0.15) is 17.1 Å². The number of rotatable bonds is 5. The Labute approximate surface area is 122 Å². The van der Waals surface area contributed by atoms with Gasteiger partial charge in [-0.15, -0.1) is 0 Å². The molecule has 3 nitrogen and oxygen atoms in total. The Bertz CT molecular complexity index is 458. The Morgan fingerprint density at radius 3 is 2.80 bits per heavy atom. The zero-order valence-electron chi connectivity index (χ0n) is 13.3. The molecule has 0 aromatic heterocycles. The van der Waals surface area contributed by atoms with Crippen LogP contribution in [0, 0.1) is 5.92 Å². The molecule has 0 saturated heterocycles. The number of fused-ring (bicyclic) bond motifs is 1. The molecule has 1 aromatic carbocycles. The highest BCUT2D eigenvalue weighted by molar-refractivity contribution is 5.48. The highest BCUT2D eigenvalue weighted by Crippen LogP contribution is 2.45. The van der Waals surface area contributed by atoms with E-state index in [1.54, 1.807) is 0 Å². The van der Waals surface area contributed by atoms with Crippen molar-refractivity contribution >= 4 is 0 Å². The van der Waals surface area contributed by atoms with Crippen LogP contribution in [0.4, 0.5) is 0 Å². The fourth-order valence-corrected chi connectivity index (χ4v) is 2.64. The van der Waals surface area contributed by atoms with Crippen molar-refractivity contribution in [1.82, 2.24) is 5.32 Å². The minimum absolute atomic E-state index is 0.0999. The first-order valence-corrected chi connectivity index (χ1v) is 7.61. The second-order valence-electron chi connectivity index (χ2n) is 6.32. The van der Waals surface area contributed by atoms with Crippen LogP contribution < -0.4 is 14.8 Å². The first-order chi connectivity index (χ1) is 9.49. The summed E-state index contributed by atoms with van der Waals surface area (Å²) in [5, 5.41) is 3.42. The number of ether oxygens (including phenoxy) is 2. The monoisotopic (exact) mass is 277 g/mol. The van der Waals surface area contributed by atoms with Crippen LogP contribution in [0.15, 0.2) is 18.2 Å². The lowest BCUT2D eigenvalue weighted by Gasteiger charge is -2.40. The minimum atomic E-state index is -0.0999. The lowest BCUT2D eigenvalue weighted by molar-refractivity contribution is 0.0440. The molecule has 1 aromatic rings. The molecule has 112 valence electrons. The lowest BCUT2D eigenvalue weighted by atomic mass is 9.86. The molecule has 0 radical (unpaired) electrons. The summed E-state index contributed by atoms with van der Waals surface area (Å²) in [6, 6.07) is 6.40. The van der Waals surface area contributed by atoms with Crippen LogP contribution in [-0.4, -0.2) is 19.3 Å². The summed E-state index contributed by atoms with van der Waals surface area (Å²) in [6.07, 6.45) is 1.97. The summed E-state index contributed by atoms with van der Waals surface area (Å²) < 4.78 is 12.2. The van der Waals surface area contributed by atoms with Crippen molar-refractivity contribution in [2.24, 2.45) is 5.92 Å². The summed E-state index contributed by atoms with van der Waals surface area (Å²) in [6.45, 7) is 9.42. The molecule has 0 bridgehead atoms. The topological polar surface area (TPSA) is 30.5 Å². The largest absolute Gasteiger partial charge is 0.493 e. The third-order valence-electron chi connectivity index (χ3n) is 4.04. The molecule has 3 heteroatoms. The van der Waals surface area contributed by atoms with Gasteiger partial charge < -0.3 is 14.8 Å². The van der Waals surface area contributed by atoms with Crippen molar-refractivity contribution in [1.29, 1.82) is 0 Å². The molecule has 1 heterocycles. The first-order valence-electron chi connectivity index (χ1n) is 7.61. The molecule has 2 unspecified atom stereocenters. The van der Waals surface area contributed by atoms with Gasteiger partial charge in [-0.25, -0.2) is 0 Å². The highest BCUT2D eigenvalue weighted by Gasteiger charge is 2.37. The minimum Gasteiger partial charge on any atom is -0.493 e. The zero-order chi connectivity index (χ0) is 14.8. The molecule has 0 fully saturated rings. The van der Waals surface area contributed by atoms with Crippen LogP contribution in [0.25, 0.3) is 0 Å². The predicted octanol–water partition coefficient (Wildman–Crippen LogP) is 3.93. The number of hydrogen-bond donors (Lipinski definition) is 1. The van der Waals surface area contributed by atoms with Gasteiger partial charge in [-0.3, -0.25) is 0 Å². The van der Waals surface area contributed by atoms with Crippen molar-refractivity contribution in [2.75, 3.05) is 13.7 Å².